The molecule has 10 nitrogen and oxygen atoms in total. The van der Waals surface area contributed by atoms with E-state index in [4.69, 9.17) is 22.1 Å². The fourth-order valence-electron chi connectivity index (χ4n) is 2.62. The number of hydrogen-bond acceptors (Lipinski definition) is 7. The minimum Gasteiger partial charge on any atom is -0.491 e. The number of nitrogens with two attached hydrogens (primary N) is 1. The van der Waals surface area contributed by atoms with Gasteiger partial charge in [0, 0.05) is 12.1 Å². The number of ether oxygens (including phenoxy) is 1. The van der Waals surface area contributed by atoms with Crippen molar-refractivity contribution in [2.45, 2.75) is 17.8 Å². The molecule has 0 aliphatic rings. The Kier molecular flexibility index (Phi) is 6.30. The van der Waals surface area contributed by atoms with Crippen LogP contribution < -0.4 is 21.7 Å². The first kappa shape index (κ1) is 21.0. The van der Waals surface area contributed by atoms with Gasteiger partial charge in [-0.3, -0.25) is 19.1 Å². The fourth-order valence-corrected chi connectivity index (χ4v) is 3.49. The number of aliphatic hydroxyl groups is 1. The molecule has 29 heavy (non-hydrogen) atoms. The number of hydrogen-bond donors (Lipinski definition) is 3. The molecule has 2 heterocycles. The highest BCUT2D eigenvalue weighted by Crippen LogP contribution is 2.22. The third kappa shape index (κ3) is 4.81. The topological polar surface area (TPSA) is 145 Å². The van der Waals surface area contributed by atoms with Crippen LogP contribution in [0.5, 0.6) is 5.75 Å². The summed E-state index contributed by atoms with van der Waals surface area (Å²) in [5.74, 6) is -0.123. The van der Waals surface area contributed by atoms with E-state index in [0.717, 1.165) is 11.8 Å². The highest BCUT2D eigenvalue weighted by molar-refractivity contribution is 7.99. The number of rotatable bonds is 8. The van der Waals surface area contributed by atoms with Gasteiger partial charge in [-0.1, -0.05) is 23.4 Å². The van der Waals surface area contributed by atoms with Crippen molar-refractivity contribution < 1.29 is 14.6 Å². The van der Waals surface area contributed by atoms with Crippen LogP contribution in [0, 0.1) is 0 Å². The number of carbonyl (C=O) groups excluding carboxylic acids is 1. The Balaban J connectivity index is 1.89. The first-order chi connectivity index (χ1) is 13.8. The van der Waals surface area contributed by atoms with Gasteiger partial charge < -0.3 is 20.1 Å². The number of aromatic amines is 1. The van der Waals surface area contributed by atoms with Crippen LogP contribution in [0.15, 0.2) is 39.0 Å². The Bertz CT molecular complexity index is 1150. The largest absolute Gasteiger partial charge is 0.491 e. The van der Waals surface area contributed by atoms with E-state index in [1.165, 1.54) is 16.2 Å². The van der Waals surface area contributed by atoms with Crippen molar-refractivity contribution in [3.63, 3.8) is 0 Å². The number of fused-ring (bicyclic) bond motifs is 1. The van der Waals surface area contributed by atoms with Crippen LogP contribution in [0.1, 0.15) is 0 Å². The van der Waals surface area contributed by atoms with E-state index in [-0.39, 0.29) is 35.2 Å². The number of primary amides is 1. The molecule has 0 spiro atoms. The molecule has 1 unspecified atom stereocenters. The number of nitrogens with zero attached hydrogens (tertiary/aromatic N) is 3. The van der Waals surface area contributed by atoms with E-state index in [2.05, 4.69) is 9.97 Å². The summed E-state index contributed by atoms with van der Waals surface area (Å²) in [5, 5.41) is 11.3. The van der Waals surface area contributed by atoms with Gasteiger partial charge in [0.15, 0.2) is 16.3 Å². The van der Waals surface area contributed by atoms with Crippen molar-refractivity contribution in [1.29, 1.82) is 0 Å². The lowest BCUT2D eigenvalue weighted by atomic mass is 10.3. The predicted octanol–water partition coefficient (Wildman–Crippen LogP) is 0.0940. The second-order valence-corrected chi connectivity index (χ2v) is 7.55. The summed E-state index contributed by atoms with van der Waals surface area (Å²) < 4.78 is 8.15. The second kappa shape index (κ2) is 8.72. The summed E-state index contributed by atoms with van der Waals surface area (Å²) >= 11 is 6.83. The number of aryl methyl sites for hydroxylation is 1. The molecule has 0 saturated carbocycles. The minimum absolute atomic E-state index is 0.0491. The SMILES string of the molecule is Cn1c(=O)[nH]c(=O)c2c1nc(SCC(N)=O)n2CC(O)COc1ccc(Cl)cc1. The van der Waals surface area contributed by atoms with Crippen LogP contribution in [0.25, 0.3) is 11.2 Å². The van der Waals surface area contributed by atoms with E-state index in [9.17, 15) is 19.5 Å². The molecule has 0 aliphatic carbocycles. The van der Waals surface area contributed by atoms with Gasteiger partial charge in [0.25, 0.3) is 5.56 Å². The minimum atomic E-state index is -1.01. The molecule has 4 N–H and O–H groups in total. The van der Waals surface area contributed by atoms with Gasteiger partial charge in [-0.05, 0) is 24.3 Å². The maximum atomic E-state index is 12.4. The van der Waals surface area contributed by atoms with E-state index < -0.39 is 23.3 Å². The van der Waals surface area contributed by atoms with Crippen LogP contribution in [-0.4, -0.2) is 48.6 Å². The number of thioether (sulfide) groups is 1. The molecule has 0 aliphatic heterocycles. The number of H-pyrrole nitrogens is 1. The Morgan fingerprint density at radius 3 is 2.72 bits per heavy atom. The molecular formula is C17H18ClN5O5S. The number of carbonyl (C=O) groups is 1. The summed E-state index contributed by atoms with van der Waals surface area (Å²) in [6.45, 7) is -0.114. The molecule has 2 aromatic heterocycles. The molecule has 0 bridgehead atoms. The molecule has 3 aromatic rings. The fraction of sp³-hybridized carbons (Fsp3) is 0.294. The lowest BCUT2D eigenvalue weighted by Gasteiger charge is -2.15. The number of aromatic nitrogens is 4. The van der Waals surface area contributed by atoms with Crippen molar-refractivity contribution in [3.8, 4) is 5.75 Å². The lowest BCUT2D eigenvalue weighted by molar-refractivity contribution is -0.115. The first-order valence-corrected chi connectivity index (χ1v) is 9.79. The number of imidazole rings is 1. The summed E-state index contributed by atoms with van der Waals surface area (Å²) in [6, 6.07) is 6.64. The van der Waals surface area contributed by atoms with E-state index in [1.54, 1.807) is 24.3 Å². The molecule has 0 radical (unpaired) electrons. The predicted molar refractivity (Wildman–Crippen MR) is 108 cm³/mol. The number of amides is 1. The van der Waals surface area contributed by atoms with Gasteiger partial charge in [-0.2, -0.15) is 0 Å². The molecule has 1 atom stereocenters. The Hall–Kier alpha value is -2.76. The molecule has 3 rings (SSSR count). The molecule has 0 fully saturated rings. The molecule has 154 valence electrons. The zero-order valence-corrected chi connectivity index (χ0v) is 16.9. The molecule has 1 aromatic carbocycles. The Labute approximate surface area is 173 Å². The van der Waals surface area contributed by atoms with Crippen LogP contribution in [-0.2, 0) is 18.4 Å². The Morgan fingerprint density at radius 2 is 2.07 bits per heavy atom. The van der Waals surface area contributed by atoms with Crippen LogP contribution in [0.3, 0.4) is 0 Å². The van der Waals surface area contributed by atoms with Crippen molar-refractivity contribution in [1.82, 2.24) is 19.1 Å². The highest BCUT2D eigenvalue weighted by atomic mass is 35.5. The monoisotopic (exact) mass is 439 g/mol. The zero-order chi connectivity index (χ0) is 21.1. The normalized spacial score (nSPS) is 12.2. The maximum Gasteiger partial charge on any atom is 0.329 e. The number of aliphatic hydroxyl groups excluding tert-OH is 1. The summed E-state index contributed by atoms with van der Waals surface area (Å²) in [4.78, 5) is 41.8. The number of benzene rings is 1. The molecule has 0 saturated heterocycles. The van der Waals surface area contributed by atoms with Crippen molar-refractivity contribution in [2.24, 2.45) is 12.8 Å². The van der Waals surface area contributed by atoms with Crippen LogP contribution in [0.2, 0.25) is 5.02 Å². The average molecular weight is 440 g/mol. The van der Waals surface area contributed by atoms with Gasteiger partial charge in [0.2, 0.25) is 5.91 Å². The van der Waals surface area contributed by atoms with Crippen LogP contribution in [0.4, 0.5) is 0 Å². The quantitative estimate of drug-likeness (QED) is 0.422. The molecule has 1 amide bonds. The van der Waals surface area contributed by atoms with Gasteiger partial charge in [0.1, 0.15) is 18.5 Å². The van der Waals surface area contributed by atoms with Crippen molar-refractivity contribution >= 4 is 40.4 Å². The first-order valence-electron chi connectivity index (χ1n) is 8.43. The van der Waals surface area contributed by atoms with Crippen LogP contribution >= 0.6 is 23.4 Å². The van der Waals surface area contributed by atoms with E-state index >= 15 is 0 Å². The summed E-state index contributed by atoms with van der Waals surface area (Å²) in [6.07, 6.45) is -1.01. The number of nitrogens with one attached hydrogen (secondary N) is 1. The third-order valence-electron chi connectivity index (χ3n) is 3.96. The maximum absolute atomic E-state index is 12.4. The third-order valence-corrected chi connectivity index (χ3v) is 5.22. The number of halogens is 1. The second-order valence-electron chi connectivity index (χ2n) is 6.17. The van der Waals surface area contributed by atoms with Gasteiger partial charge in [0.05, 0.1) is 12.3 Å². The standard InChI is InChI=1S/C17H18ClN5O5S/c1-22-14-13(15(26)21-16(22)27)23(17(20-14)29-8-12(19)25)6-10(24)7-28-11-4-2-9(18)3-5-11/h2-5,10,24H,6-8H2,1H3,(H2,19,25)(H,21,26,27). The molecule has 12 heteroatoms. The van der Waals surface area contributed by atoms with Gasteiger partial charge >= 0.3 is 5.69 Å². The average Bonchev–Trinajstić information content (AvgIpc) is 3.03. The van der Waals surface area contributed by atoms with E-state index in [0.29, 0.717) is 10.8 Å². The summed E-state index contributed by atoms with van der Waals surface area (Å²) in [5.41, 5.74) is 4.16. The van der Waals surface area contributed by atoms with Crippen molar-refractivity contribution in [2.75, 3.05) is 12.4 Å². The van der Waals surface area contributed by atoms with Gasteiger partial charge in [-0.25, -0.2) is 9.78 Å². The molecular weight excluding hydrogens is 422 g/mol. The summed E-state index contributed by atoms with van der Waals surface area (Å²) in [7, 11) is 1.46. The Morgan fingerprint density at radius 1 is 1.38 bits per heavy atom. The smallest absolute Gasteiger partial charge is 0.329 e. The highest BCUT2D eigenvalue weighted by Gasteiger charge is 2.20. The van der Waals surface area contributed by atoms with Gasteiger partial charge in [-0.15, -0.1) is 0 Å². The van der Waals surface area contributed by atoms with E-state index in [1.807, 2.05) is 0 Å². The van der Waals surface area contributed by atoms with Crippen molar-refractivity contribution in [3.05, 3.63) is 50.1 Å². The zero-order valence-electron chi connectivity index (χ0n) is 15.3. The lowest BCUT2D eigenvalue weighted by Crippen LogP contribution is -2.30.